The molecule has 0 aliphatic heterocycles. The summed E-state index contributed by atoms with van der Waals surface area (Å²) in [6, 6.07) is 14.8. The van der Waals surface area contributed by atoms with E-state index < -0.39 is 5.63 Å². The molecule has 0 bridgehead atoms. The average molecular weight is 419 g/mol. The first kappa shape index (κ1) is 15.6. The van der Waals surface area contributed by atoms with Crippen LogP contribution < -0.4 is 5.63 Å². The quantitative estimate of drug-likeness (QED) is 0.375. The van der Waals surface area contributed by atoms with Crippen molar-refractivity contribution in [3.8, 4) is 21.8 Å². The van der Waals surface area contributed by atoms with Gasteiger partial charge in [0, 0.05) is 25.8 Å². The number of fused-ring (bicyclic) bond motifs is 1. The van der Waals surface area contributed by atoms with Gasteiger partial charge in [-0.15, -0.1) is 11.3 Å². The predicted molar refractivity (Wildman–Crippen MR) is 102 cm³/mol. The fourth-order valence-corrected chi connectivity index (χ4v) is 3.67. The van der Waals surface area contributed by atoms with Crippen LogP contribution in [0.3, 0.4) is 0 Å². The molecule has 2 aromatic heterocycles. The number of halogens is 2. The molecule has 3 nitrogen and oxygen atoms in total. The molecule has 2 heterocycles. The molecule has 24 heavy (non-hydrogen) atoms. The predicted octanol–water partition coefficient (Wildman–Crippen LogP) is 6.00. The third-order valence-corrected chi connectivity index (χ3v) is 5.21. The van der Waals surface area contributed by atoms with Gasteiger partial charge in [-0.25, -0.2) is 9.78 Å². The molecule has 0 amide bonds. The van der Waals surface area contributed by atoms with Crippen molar-refractivity contribution >= 4 is 49.8 Å². The van der Waals surface area contributed by atoms with Gasteiger partial charge < -0.3 is 4.42 Å². The third kappa shape index (κ3) is 2.90. The Bertz CT molecular complexity index is 1100. The van der Waals surface area contributed by atoms with Crippen molar-refractivity contribution in [3.63, 3.8) is 0 Å². The summed E-state index contributed by atoms with van der Waals surface area (Å²) in [6.07, 6.45) is 0. The van der Waals surface area contributed by atoms with E-state index in [-0.39, 0.29) is 0 Å². The Balaban J connectivity index is 1.81. The summed E-state index contributed by atoms with van der Waals surface area (Å²) >= 11 is 10.8. The molecule has 118 valence electrons. The third-order valence-electron chi connectivity index (χ3n) is 3.57. The average Bonchev–Trinajstić information content (AvgIpc) is 3.05. The maximum atomic E-state index is 12.3. The number of benzene rings is 2. The fourth-order valence-electron chi connectivity index (χ4n) is 2.39. The lowest BCUT2D eigenvalue weighted by molar-refractivity contribution is 0.563. The van der Waals surface area contributed by atoms with Crippen LogP contribution in [-0.4, -0.2) is 4.98 Å². The second kappa shape index (κ2) is 6.16. The molecule has 0 aliphatic rings. The molecule has 0 saturated carbocycles. The van der Waals surface area contributed by atoms with E-state index in [0.29, 0.717) is 21.2 Å². The highest BCUT2D eigenvalue weighted by atomic mass is 79.9. The molecule has 2 aromatic carbocycles. The van der Waals surface area contributed by atoms with E-state index >= 15 is 0 Å². The van der Waals surface area contributed by atoms with Gasteiger partial charge in [-0.2, -0.15) is 0 Å². The molecule has 4 rings (SSSR count). The lowest BCUT2D eigenvalue weighted by Gasteiger charge is -2.00. The molecule has 0 unspecified atom stereocenters. The molecule has 0 fully saturated rings. The van der Waals surface area contributed by atoms with Crippen LogP contribution in [0, 0.1) is 0 Å². The van der Waals surface area contributed by atoms with E-state index in [0.717, 1.165) is 21.1 Å². The topological polar surface area (TPSA) is 43.1 Å². The van der Waals surface area contributed by atoms with Crippen molar-refractivity contribution in [2.75, 3.05) is 0 Å². The van der Waals surface area contributed by atoms with E-state index in [1.165, 1.54) is 11.3 Å². The first-order chi connectivity index (χ1) is 11.6. The largest absolute Gasteiger partial charge is 0.422 e. The summed E-state index contributed by atoms with van der Waals surface area (Å²) in [5.74, 6) is 0. The number of nitrogens with zero attached hydrogens (tertiary/aromatic N) is 1. The highest BCUT2D eigenvalue weighted by Crippen LogP contribution is 2.30. The second-order valence-electron chi connectivity index (χ2n) is 5.17. The maximum absolute atomic E-state index is 12.3. The van der Waals surface area contributed by atoms with Crippen molar-refractivity contribution in [1.29, 1.82) is 0 Å². The number of thiazole rings is 1. The van der Waals surface area contributed by atoms with Gasteiger partial charge in [0.05, 0.1) is 11.3 Å². The van der Waals surface area contributed by atoms with Crippen LogP contribution >= 0.6 is 38.9 Å². The Morgan fingerprint density at radius 2 is 1.88 bits per heavy atom. The van der Waals surface area contributed by atoms with Gasteiger partial charge in [0.1, 0.15) is 10.6 Å². The Hall–Kier alpha value is -1.95. The molecule has 4 aromatic rings. The van der Waals surface area contributed by atoms with Crippen LogP contribution in [0.2, 0.25) is 5.02 Å². The first-order valence-electron chi connectivity index (χ1n) is 7.05. The maximum Gasteiger partial charge on any atom is 0.346 e. The summed E-state index contributed by atoms with van der Waals surface area (Å²) in [5, 5.41) is 3.93. The number of aromatic nitrogens is 1. The molecule has 0 radical (unpaired) electrons. The van der Waals surface area contributed by atoms with E-state index in [9.17, 15) is 4.79 Å². The van der Waals surface area contributed by atoms with E-state index in [1.807, 2.05) is 29.6 Å². The minimum Gasteiger partial charge on any atom is -0.422 e. The molecule has 0 saturated heterocycles. The minimum absolute atomic E-state index is 0.401. The highest BCUT2D eigenvalue weighted by molar-refractivity contribution is 9.10. The molecular weight excluding hydrogens is 410 g/mol. The smallest absolute Gasteiger partial charge is 0.346 e. The zero-order chi connectivity index (χ0) is 16.7. The van der Waals surface area contributed by atoms with Crippen LogP contribution in [-0.2, 0) is 0 Å². The Morgan fingerprint density at radius 3 is 2.67 bits per heavy atom. The van der Waals surface area contributed by atoms with Crippen LogP contribution in [0.5, 0.6) is 0 Å². The molecule has 0 aliphatic carbocycles. The van der Waals surface area contributed by atoms with Crippen LogP contribution in [0.4, 0.5) is 0 Å². The minimum atomic E-state index is -0.401. The second-order valence-corrected chi connectivity index (χ2v) is 7.38. The Morgan fingerprint density at radius 1 is 1.08 bits per heavy atom. The van der Waals surface area contributed by atoms with Crippen molar-refractivity contribution in [3.05, 3.63) is 73.8 Å². The zero-order valence-electron chi connectivity index (χ0n) is 12.1. The Kier molecular flexibility index (Phi) is 4.00. The van der Waals surface area contributed by atoms with Gasteiger partial charge in [-0.1, -0.05) is 39.7 Å². The summed E-state index contributed by atoms with van der Waals surface area (Å²) in [6.45, 7) is 0. The lowest BCUT2D eigenvalue weighted by atomic mass is 10.2. The van der Waals surface area contributed by atoms with Gasteiger partial charge in [-0.05, 0) is 36.4 Å². The molecule has 0 N–H and O–H groups in total. The number of rotatable bonds is 2. The lowest BCUT2D eigenvalue weighted by Crippen LogP contribution is -2.02. The fraction of sp³-hybridized carbons (Fsp3) is 0. The van der Waals surface area contributed by atoms with Crippen LogP contribution in [0.25, 0.3) is 32.8 Å². The summed E-state index contributed by atoms with van der Waals surface area (Å²) in [4.78, 5) is 16.9. The van der Waals surface area contributed by atoms with Gasteiger partial charge >= 0.3 is 5.63 Å². The van der Waals surface area contributed by atoms with Crippen molar-refractivity contribution < 1.29 is 4.42 Å². The van der Waals surface area contributed by atoms with Crippen LogP contribution in [0.15, 0.2) is 67.6 Å². The van der Waals surface area contributed by atoms with E-state index in [2.05, 4.69) is 20.9 Å². The summed E-state index contributed by atoms with van der Waals surface area (Å²) in [5.41, 5.74) is 2.37. The van der Waals surface area contributed by atoms with Crippen LogP contribution in [0.1, 0.15) is 0 Å². The normalized spacial score (nSPS) is 11.1. The standard InChI is InChI=1S/C18H9BrClNO2S/c19-12-3-1-10(2-4-12)15-9-24-17(21-15)14-8-11-7-13(20)5-6-16(11)23-18(14)22/h1-9H. The monoisotopic (exact) mass is 417 g/mol. The summed E-state index contributed by atoms with van der Waals surface area (Å²) < 4.78 is 6.39. The molecule has 0 atom stereocenters. The highest BCUT2D eigenvalue weighted by Gasteiger charge is 2.13. The number of hydrogen-bond donors (Lipinski definition) is 0. The Labute approximate surface area is 154 Å². The van der Waals surface area contributed by atoms with Crippen molar-refractivity contribution in [2.45, 2.75) is 0 Å². The number of hydrogen-bond acceptors (Lipinski definition) is 4. The summed E-state index contributed by atoms with van der Waals surface area (Å²) in [7, 11) is 0. The van der Waals surface area contributed by atoms with Crippen molar-refractivity contribution in [2.24, 2.45) is 0 Å². The first-order valence-corrected chi connectivity index (χ1v) is 9.10. The van der Waals surface area contributed by atoms with Gasteiger partial charge in [0.15, 0.2) is 0 Å². The molecule has 6 heteroatoms. The molecular formula is C18H9BrClNO2S. The van der Waals surface area contributed by atoms with Gasteiger partial charge in [0.2, 0.25) is 0 Å². The SMILES string of the molecule is O=c1oc2ccc(Cl)cc2cc1-c1nc(-c2ccc(Br)cc2)cs1. The molecule has 0 spiro atoms. The van der Waals surface area contributed by atoms with E-state index in [1.54, 1.807) is 24.3 Å². The van der Waals surface area contributed by atoms with E-state index in [4.69, 9.17) is 16.0 Å². The zero-order valence-corrected chi connectivity index (χ0v) is 15.3. The van der Waals surface area contributed by atoms with Gasteiger partial charge in [-0.3, -0.25) is 0 Å². The van der Waals surface area contributed by atoms with Crippen molar-refractivity contribution in [1.82, 2.24) is 4.98 Å². The van der Waals surface area contributed by atoms with Gasteiger partial charge in [0.25, 0.3) is 0 Å².